The van der Waals surface area contributed by atoms with Gasteiger partial charge in [-0.25, -0.2) is 4.39 Å². The summed E-state index contributed by atoms with van der Waals surface area (Å²) in [7, 11) is 0. The molecule has 142 valence electrons. The highest BCUT2D eigenvalue weighted by Crippen LogP contribution is 2.20. The van der Waals surface area contributed by atoms with E-state index in [2.05, 4.69) is 16.5 Å². The second-order valence-corrected chi connectivity index (χ2v) is 6.77. The Kier molecular flexibility index (Phi) is 5.25. The predicted octanol–water partition coefficient (Wildman–Crippen LogP) is 3.26. The van der Waals surface area contributed by atoms with Crippen molar-refractivity contribution in [2.45, 2.75) is 26.0 Å². The molecular formula is C21H19FN4O2. The molecule has 0 saturated heterocycles. The summed E-state index contributed by atoms with van der Waals surface area (Å²) in [6.45, 7) is 3.11. The fraction of sp³-hybridized carbons (Fsp3) is 0.190. The van der Waals surface area contributed by atoms with E-state index in [1.165, 1.54) is 23.7 Å². The number of aliphatic hydroxyl groups is 1. The van der Waals surface area contributed by atoms with E-state index in [0.29, 0.717) is 16.9 Å². The third kappa shape index (κ3) is 4.24. The second kappa shape index (κ2) is 7.62. The lowest BCUT2D eigenvalue weighted by molar-refractivity contribution is -0.133. The lowest BCUT2D eigenvalue weighted by Gasteiger charge is -2.22. The molecule has 0 fully saturated rings. The van der Waals surface area contributed by atoms with Gasteiger partial charge >= 0.3 is 0 Å². The maximum absolute atomic E-state index is 13.0. The highest BCUT2D eigenvalue weighted by atomic mass is 19.1. The van der Waals surface area contributed by atoms with E-state index >= 15 is 0 Å². The Labute approximate surface area is 161 Å². The molecule has 1 amide bonds. The lowest BCUT2D eigenvalue weighted by Crippen LogP contribution is -2.43. The van der Waals surface area contributed by atoms with Gasteiger partial charge in [0.1, 0.15) is 5.82 Å². The molecule has 28 heavy (non-hydrogen) atoms. The highest BCUT2D eigenvalue weighted by Gasteiger charge is 2.31. The predicted molar refractivity (Wildman–Crippen MR) is 103 cm³/mol. The fourth-order valence-electron chi connectivity index (χ4n) is 2.74. The number of nitrogens with one attached hydrogen (secondary N) is 1. The van der Waals surface area contributed by atoms with Gasteiger partial charge in [-0.1, -0.05) is 0 Å². The SMILES string of the molecule is Cc1cc(NC(=O)C(C)(O)Cn2ccc(-c3ccc(F)cc3)n2)ccc1C#N. The molecule has 0 bridgehead atoms. The number of nitriles is 1. The Morgan fingerprint density at radius 1 is 1.29 bits per heavy atom. The average Bonchev–Trinajstić information content (AvgIpc) is 3.10. The van der Waals surface area contributed by atoms with Crippen LogP contribution in [0.3, 0.4) is 0 Å². The van der Waals surface area contributed by atoms with Crippen molar-refractivity contribution in [3.8, 4) is 17.3 Å². The summed E-state index contributed by atoms with van der Waals surface area (Å²) in [4.78, 5) is 12.5. The maximum atomic E-state index is 13.0. The van der Waals surface area contributed by atoms with E-state index in [1.807, 2.05) is 0 Å². The number of aromatic nitrogens is 2. The molecule has 6 nitrogen and oxygen atoms in total. The van der Waals surface area contributed by atoms with Gasteiger partial charge in [0.15, 0.2) is 5.60 Å². The summed E-state index contributed by atoms with van der Waals surface area (Å²) in [6.07, 6.45) is 1.65. The monoisotopic (exact) mass is 378 g/mol. The normalized spacial score (nSPS) is 12.8. The van der Waals surface area contributed by atoms with E-state index in [0.717, 1.165) is 11.1 Å². The molecule has 1 unspecified atom stereocenters. The summed E-state index contributed by atoms with van der Waals surface area (Å²) in [5.74, 6) is -0.920. The number of aryl methyl sites for hydroxylation is 1. The number of anilines is 1. The van der Waals surface area contributed by atoms with E-state index in [4.69, 9.17) is 5.26 Å². The molecule has 0 saturated carbocycles. The Balaban J connectivity index is 1.71. The van der Waals surface area contributed by atoms with Crippen LogP contribution in [0.2, 0.25) is 0 Å². The molecule has 0 aliphatic carbocycles. The van der Waals surface area contributed by atoms with Gasteiger partial charge in [-0.2, -0.15) is 10.4 Å². The van der Waals surface area contributed by atoms with Crippen LogP contribution in [0.25, 0.3) is 11.3 Å². The first-order valence-corrected chi connectivity index (χ1v) is 8.62. The Morgan fingerprint density at radius 3 is 2.64 bits per heavy atom. The van der Waals surface area contributed by atoms with Crippen LogP contribution in [0.5, 0.6) is 0 Å². The molecule has 1 atom stereocenters. The molecule has 3 rings (SSSR count). The molecule has 3 aromatic rings. The number of halogens is 1. The number of benzene rings is 2. The highest BCUT2D eigenvalue weighted by molar-refractivity contribution is 5.96. The van der Waals surface area contributed by atoms with Crippen molar-refractivity contribution in [2.75, 3.05) is 5.32 Å². The van der Waals surface area contributed by atoms with Gasteiger partial charge in [-0.3, -0.25) is 9.48 Å². The van der Waals surface area contributed by atoms with Crippen molar-refractivity contribution >= 4 is 11.6 Å². The van der Waals surface area contributed by atoms with Crippen LogP contribution in [0.15, 0.2) is 54.7 Å². The van der Waals surface area contributed by atoms with Gasteiger partial charge < -0.3 is 10.4 Å². The van der Waals surface area contributed by atoms with Crippen LogP contribution in [0, 0.1) is 24.1 Å². The molecule has 1 aromatic heterocycles. The quantitative estimate of drug-likeness (QED) is 0.713. The minimum atomic E-state index is -1.71. The van der Waals surface area contributed by atoms with Crippen molar-refractivity contribution < 1.29 is 14.3 Å². The van der Waals surface area contributed by atoms with E-state index in [9.17, 15) is 14.3 Å². The van der Waals surface area contributed by atoms with E-state index in [-0.39, 0.29) is 12.4 Å². The summed E-state index contributed by atoms with van der Waals surface area (Å²) < 4.78 is 14.5. The molecule has 1 heterocycles. The first kappa shape index (κ1) is 19.3. The first-order valence-electron chi connectivity index (χ1n) is 8.62. The van der Waals surface area contributed by atoms with Crippen LogP contribution < -0.4 is 5.32 Å². The van der Waals surface area contributed by atoms with Gasteiger partial charge in [-0.15, -0.1) is 0 Å². The number of rotatable bonds is 5. The van der Waals surface area contributed by atoms with Crippen LogP contribution in [0.1, 0.15) is 18.1 Å². The van der Waals surface area contributed by atoms with Gasteiger partial charge in [0.05, 0.1) is 23.9 Å². The number of carbonyl (C=O) groups is 1. The third-order valence-electron chi connectivity index (χ3n) is 4.34. The largest absolute Gasteiger partial charge is 0.378 e. The summed E-state index contributed by atoms with van der Waals surface area (Å²) >= 11 is 0. The summed E-state index contributed by atoms with van der Waals surface area (Å²) in [5, 5.41) is 26.6. The minimum absolute atomic E-state index is 0.0602. The molecule has 0 spiro atoms. The van der Waals surface area contributed by atoms with Gasteiger partial charge in [0.2, 0.25) is 0 Å². The van der Waals surface area contributed by atoms with E-state index in [1.54, 1.807) is 49.5 Å². The average molecular weight is 378 g/mol. The second-order valence-electron chi connectivity index (χ2n) is 6.77. The number of carbonyl (C=O) groups excluding carboxylic acids is 1. The number of hydrogen-bond acceptors (Lipinski definition) is 4. The van der Waals surface area contributed by atoms with Gasteiger partial charge in [0, 0.05) is 17.4 Å². The number of hydrogen-bond donors (Lipinski definition) is 2. The topological polar surface area (TPSA) is 90.9 Å². The summed E-state index contributed by atoms with van der Waals surface area (Å²) in [6, 6.07) is 14.6. The molecule has 0 aliphatic rings. The number of amides is 1. The third-order valence-corrected chi connectivity index (χ3v) is 4.34. The van der Waals surface area contributed by atoms with Crippen LogP contribution in [-0.4, -0.2) is 26.4 Å². The molecular weight excluding hydrogens is 359 g/mol. The molecule has 2 aromatic carbocycles. The van der Waals surface area contributed by atoms with Crippen molar-refractivity contribution in [1.82, 2.24) is 9.78 Å². The Bertz CT molecular complexity index is 1050. The fourth-order valence-corrected chi connectivity index (χ4v) is 2.74. The summed E-state index contributed by atoms with van der Waals surface area (Å²) in [5.41, 5.74) is 1.38. The minimum Gasteiger partial charge on any atom is -0.378 e. The maximum Gasteiger partial charge on any atom is 0.257 e. The van der Waals surface area contributed by atoms with E-state index < -0.39 is 11.5 Å². The zero-order valence-corrected chi connectivity index (χ0v) is 15.5. The zero-order valence-electron chi connectivity index (χ0n) is 15.5. The standard InChI is InChI=1S/C21H19FN4O2/c1-14-11-18(8-5-16(14)12-23)24-20(27)21(2,28)13-26-10-9-19(25-26)15-3-6-17(22)7-4-15/h3-11,28H,13H2,1-2H3,(H,24,27). The molecule has 0 aliphatic heterocycles. The van der Waals surface area contributed by atoms with Crippen LogP contribution in [0.4, 0.5) is 10.1 Å². The molecule has 2 N–H and O–H groups in total. The van der Waals surface area contributed by atoms with Crippen LogP contribution >= 0.6 is 0 Å². The first-order chi connectivity index (χ1) is 13.3. The smallest absolute Gasteiger partial charge is 0.257 e. The van der Waals surface area contributed by atoms with Crippen molar-refractivity contribution in [1.29, 1.82) is 5.26 Å². The van der Waals surface area contributed by atoms with Crippen molar-refractivity contribution in [3.63, 3.8) is 0 Å². The lowest BCUT2D eigenvalue weighted by atomic mass is 10.1. The number of nitrogens with zero attached hydrogens (tertiary/aromatic N) is 3. The van der Waals surface area contributed by atoms with Gasteiger partial charge in [-0.05, 0) is 67.9 Å². The Hall–Kier alpha value is -3.50. The van der Waals surface area contributed by atoms with Crippen molar-refractivity contribution in [3.05, 3.63) is 71.7 Å². The molecule has 0 radical (unpaired) electrons. The zero-order chi connectivity index (χ0) is 20.3. The Morgan fingerprint density at radius 2 is 2.00 bits per heavy atom. The van der Waals surface area contributed by atoms with Gasteiger partial charge in [0.25, 0.3) is 5.91 Å². The molecule has 7 heteroatoms. The van der Waals surface area contributed by atoms with Crippen molar-refractivity contribution in [2.24, 2.45) is 0 Å². The van der Waals surface area contributed by atoms with Crippen LogP contribution in [-0.2, 0) is 11.3 Å².